The molecule has 0 saturated heterocycles. The Bertz CT molecular complexity index is 930. The van der Waals surface area contributed by atoms with Crippen molar-refractivity contribution in [1.29, 1.82) is 0 Å². The first-order chi connectivity index (χ1) is 13.1. The maximum atomic E-state index is 12.6. The van der Waals surface area contributed by atoms with Crippen molar-refractivity contribution in [3.8, 4) is 16.9 Å². The van der Waals surface area contributed by atoms with Crippen molar-refractivity contribution in [3.63, 3.8) is 0 Å². The zero-order valence-electron chi connectivity index (χ0n) is 15.3. The number of hydrogen-bond donors (Lipinski definition) is 0. The van der Waals surface area contributed by atoms with Gasteiger partial charge in [-0.15, -0.1) is 0 Å². The number of benzene rings is 2. The van der Waals surface area contributed by atoms with E-state index in [2.05, 4.69) is 0 Å². The summed E-state index contributed by atoms with van der Waals surface area (Å²) < 4.78 is 1.88. The predicted octanol–water partition coefficient (Wildman–Crippen LogP) is 4.95. The Morgan fingerprint density at radius 3 is 2.48 bits per heavy atom. The third-order valence-electron chi connectivity index (χ3n) is 5.17. The van der Waals surface area contributed by atoms with Crippen molar-refractivity contribution < 1.29 is 4.79 Å². The van der Waals surface area contributed by atoms with Crippen molar-refractivity contribution in [1.82, 2.24) is 14.7 Å². The van der Waals surface area contributed by atoms with Crippen molar-refractivity contribution >= 4 is 17.5 Å². The van der Waals surface area contributed by atoms with Gasteiger partial charge in [-0.1, -0.05) is 48.4 Å². The van der Waals surface area contributed by atoms with Gasteiger partial charge in [0.2, 0.25) is 5.91 Å². The Balaban J connectivity index is 1.68. The van der Waals surface area contributed by atoms with E-state index in [9.17, 15) is 4.79 Å². The highest BCUT2D eigenvalue weighted by Crippen LogP contribution is 2.30. The van der Waals surface area contributed by atoms with Crippen molar-refractivity contribution in [2.24, 2.45) is 5.92 Å². The van der Waals surface area contributed by atoms with Crippen LogP contribution in [-0.4, -0.2) is 27.6 Å². The van der Waals surface area contributed by atoms with E-state index in [-0.39, 0.29) is 11.8 Å². The van der Waals surface area contributed by atoms with Gasteiger partial charge in [-0.25, -0.2) is 4.68 Å². The number of nitrogens with zero attached hydrogens (tertiary/aromatic N) is 3. The second-order valence-electron chi connectivity index (χ2n) is 7.11. The van der Waals surface area contributed by atoms with Crippen molar-refractivity contribution in [3.05, 3.63) is 71.4 Å². The molecule has 27 heavy (non-hydrogen) atoms. The zero-order valence-corrected chi connectivity index (χ0v) is 16.1. The molecule has 0 bridgehead atoms. The first-order valence-electron chi connectivity index (χ1n) is 9.27. The summed E-state index contributed by atoms with van der Waals surface area (Å²) in [6.07, 6.45) is 5.20. The quantitative estimate of drug-likeness (QED) is 0.629. The molecule has 1 saturated carbocycles. The average molecular weight is 380 g/mol. The molecule has 0 atom stereocenters. The smallest absolute Gasteiger partial charge is 0.225 e. The number of amides is 1. The van der Waals surface area contributed by atoms with E-state index in [4.69, 9.17) is 16.7 Å². The lowest BCUT2D eigenvalue weighted by molar-refractivity contribution is -0.137. The van der Waals surface area contributed by atoms with Gasteiger partial charge in [-0.3, -0.25) is 4.79 Å². The van der Waals surface area contributed by atoms with Gasteiger partial charge in [0.1, 0.15) is 0 Å². The molecule has 1 amide bonds. The summed E-state index contributed by atoms with van der Waals surface area (Å²) in [7, 11) is 1.88. The summed E-state index contributed by atoms with van der Waals surface area (Å²) in [5.74, 6) is 0.425. The molecule has 138 valence electrons. The van der Waals surface area contributed by atoms with Crippen LogP contribution < -0.4 is 0 Å². The number of carbonyl (C=O) groups excluding carboxylic acids is 1. The van der Waals surface area contributed by atoms with Gasteiger partial charge in [0.05, 0.1) is 11.4 Å². The highest BCUT2D eigenvalue weighted by atomic mass is 35.5. The molecular weight excluding hydrogens is 358 g/mol. The van der Waals surface area contributed by atoms with Crippen LogP contribution in [0.25, 0.3) is 16.9 Å². The largest absolute Gasteiger partial charge is 0.341 e. The van der Waals surface area contributed by atoms with Gasteiger partial charge in [-0.05, 0) is 37.1 Å². The zero-order chi connectivity index (χ0) is 18.8. The van der Waals surface area contributed by atoms with Crippen LogP contribution >= 0.6 is 11.6 Å². The molecule has 4 nitrogen and oxygen atoms in total. The average Bonchev–Trinajstić information content (AvgIpc) is 3.05. The fourth-order valence-electron chi connectivity index (χ4n) is 3.39. The number of aromatic nitrogens is 2. The molecule has 1 aromatic heterocycles. The summed E-state index contributed by atoms with van der Waals surface area (Å²) >= 11 is 6.04. The fourth-order valence-corrected chi connectivity index (χ4v) is 3.52. The molecule has 0 spiro atoms. The number of hydrogen-bond acceptors (Lipinski definition) is 2. The maximum Gasteiger partial charge on any atom is 0.225 e. The molecule has 1 fully saturated rings. The third kappa shape index (κ3) is 3.76. The Morgan fingerprint density at radius 2 is 1.85 bits per heavy atom. The Kier molecular flexibility index (Phi) is 4.99. The van der Waals surface area contributed by atoms with E-state index in [1.165, 1.54) is 0 Å². The van der Waals surface area contributed by atoms with E-state index in [0.29, 0.717) is 11.6 Å². The summed E-state index contributed by atoms with van der Waals surface area (Å²) in [5, 5.41) is 5.50. The minimum Gasteiger partial charge on any atom is -0.341 e. The third-order valence-corrected chi connectivity index (χ3v) is 5.42. The van der Waals surface area contributed by atoms with Crippen molar-refractivity contribution in [2.45, 2.75) is 25.8 Å². The molecule has 0 unspecified atom stereocenters. The van der Waals surface area contributed by atoms with Crippen LogP contribution in [0, 0.1) is 5.92 Å². The standard InChI is InChI=1S/C22H22ClN3O/c1-25(22(27)17-6-5-7-17)14-18-15-26(20-8-3-2-4-9-20)24-21(18)16-10-12-19(23)13-11-16/h2-4,8-13,15,17H,5-7,14H2,1H3. The second kappa shape index (κ2) is 7.57. The van der Waals surface area contributed by atoms with Gasteiger partial charge >= 0.3 is 0 Å². The SMILES string of the molecule is CN(Cc1cn(-c2ccccc2)nc1-c1ccc(Cl)cc1)C(=O)C1CCC1. The molecule has 5 heteroatoms. The number of rotatable bonds is 5. The van der Waals surface area contributed by atoms with Crippen LogP contribution in [0.5, 0.6) is 0 Å². The minimum atomic E-state index is 0.193. The lowest BCUT2D eigenvalue weighted by Crippen LogP contribution is -2.35. The fraction of sp³-hybridized carbons (Fsp3) is 0.273. The van der Waals surface area contributed by atoms with Crippen LogP contribution in [0.2, 0.25) is 5.02 Å². The minimum absolute atomic E-state index is 0.193. The molecular formula is C22H22ClN3O. The summed E-state index contributed by atoms with van der Waals surface area (Å²) in [6.45, 7) is 0.542. The van der Waals surface area contributed by atoms with Crippen LogP contribution in [0.1, 0.15) is 24.8 Å². The second-order valence-corrected chi connectivity index (χ2v) is 7.55. The summed E-state index contributed by atoms with van der Waals surface area (Å²) in [5.41, 5.74) is 3.89. The van der Waals surface area contributed by atoms with Gasteiger partial charge in [0.15, 0.2) is 0 Å². The Labute approximate surface area is 164 Å². The molecule has 0 radical (unpaired) electrons. The van der Waals surface area contributed by atoms with Gasteiger partial charge in [-0.2, -0.15) is 5.10 Å². The molecule has 0 aliphatic heterocycles. The topological polar surface area (TPSA) is 38.1 Å². The lowest BCUT2D eigenvalue weighted by atomic mass is 9.84. The number of para-hydroxylation sites is 1. The van der Waals surface area contributed by atoms with Crippen LogP contribution in [0.4, 0.5) is 0 Å². The first-order valence-corrected chi connectivity index (χ1v) is 9.64. The van der Waals surface area contributed by atoms with Crippen LogP contribution in [0.3, 0.4) is 0 Å². The van der Waals surface area contributed by atoms with E-state index in [0.717, 1.165) is 41.8 Å². The van der Waals surface area contributed by atoms with Gasteiger partial charge in [0, 0.05) is 41.9 Å². The maximum absolute atomic E-state index is 12.6. The Hall–Kier alpha value is -2.59. The molecule has 2 aromatic carbocycles. The molecule has 1 aliphatic carbocycles. The van der Waals surface area contributed by atoms with E-state index >= 15 is 0 Å². The monoisotopic (exact) mass is 379 g/mol. The molecule has 1 aliphatic rings. The molecule has 4 rings (SSSR count). The number of halogens is 1. The van der Waals surface area contributed by atoms with Crippen molar-refractivity contribution in [2.75, 3.05) is 7.05 Å². The normalized spacial score (nSPS) is 14.0. The van der Waals surface area contributed by atoms with E-state index in [1.54, 1.807) is 0 Å². The summed E-state index contributed by atoms with van der Waals surface area (Å²) in [6, 6.07) is 17.7. The first kappa shape index (κ1) is 17.8. The predicted molar refractivity (Wildman–Crippen MR) is 108 cm³/mol. The van der Waals surface area contributed by atoms with E-state index in [1.807, 2.05) is 77.4 Å². The highest BCUT2D eigenvalue weighted by molar-refractivity contribution is 6.30. The molecule has 3 aromatic rings. The van der Waals surface area contributed by atoms with Gasteiger partial charge < -0.3 is 4.90 Å². The summed E-state index contributed by atoms with van der Waals surface area (Å²) in [4.78, 5) is 14.4. The highest BCUT2D eigenvalue weighted by Gasteiger charge is 2.28. The Morgan fingerprint density at radius 1 is 1.15 bits per heavy atom. The van der Waals surface area contributed by atoms with E-state index < -0.39 is 0 Å². The van der Waals surface area contributed by atoms with Crippen LogP contribution in [-0.2, 0) is 11.3 Å². The number of carbonyl (C=O) groups is 1. The molecule has 0 N–H and O–H groups in total. The molecule has 1 heterocycles. The van der Waals surface area contributed by atoms with Crippen LogP contribution in [0.15, 0.2) is 60.8 Å². The van der Waals surface area contributed by atoms with Gasteiger partial charge in [0.25, 0.3) is 0 Å². The lowest BCUT2D eigenvalue weighted by Gasteiger charge is -2.29.